The molecular formula is C29H32F9N7O2. The molecule has 0 aliphatic carbocycles. The van der Waals surface area contributed by atoms with Crippen LogP contribution in [0.3, 0.4) is 0 Å². The summed E-state index contributed by atoms with van der Waals surface area (Å²) in [4.78, 5) is 16.8. The molecule has 0 spiro atoms. The Bertz CT molecular complexity index is 1540. The van der Waals surface area contributed by atoms with Crippen LogP contribution in [0.4, 0.5) is 55.9 Å². The quantitative estimate of drug-likeness (QED) is 0.251. The van der Waals surface area contributed by atoms with Gasteiger partial charge in [0, 0.05) is 19.1 Å². The Morgan fingerprint density at radius 3 is 2.04 bits per heavy atom. The summed E-state index contributed by atoms with van der Waals surface area (Å²) in [6, 6.07) is 1.73. The van der Waals surface area contributed by atoms with Crippen molar-refractivity contribution in [2.45, 2.75) is 83.9 Å². The van der Waals surface area contributed by atoms with Gasteiger partial charge in [-0.2, -0.15) is 44.3 Å². The fourth-order valence-electron chi connectivity index (χ4n) is 5.40. The van der Waals surface area contributed by atoms with Crippen LogP contribution in [0.1, 0.15) is 68.0 Å². The molecular weight excluding hydrogens is 649 g/mol. The fraction of sp³-hybridized carbons (Fsp3) is 0.517. The summed E-state index contributed by atoms with van der Waals surface area (Å²) < 4.78 is 130. The third-order valence-electron chi connectivity index (χ3n) is 7.48. The van der Waals surface area contributed by atoms with Gasteiger partial charge in [0.25, 0.3) is 5.95 Å². The van der Waals surface area contributed by atoms with Gasteiger partial charge in [-0.3, -0.25) is 4.90 Å². The normalized spacial score (nSPS) is 17.3. The lowest BCUT2D eigenvalue weighted by Gasteiger charge is -2.45. The molecule has 2 aromatic carbocycles. The molecule has 0 unspecified atom stereocenters. The zero-order valence-electron chi connectivity index (χ0n) is 25.6. The summed E-state index contributed by atoms with van der Waals surface area (Å²) in [6.45, 7) is 6.04. The third-order valence-corrected chi connectivity index (χ3v) is 7.48. The number of aromatic nitrogens is 4. The first-order valence-corrected chi connectivity index (χ1v) is 14.4. The molecule has 0 saturated heterocycles. The van der Waals surface area contributed by atoms with Crippen LogP contribution in [0.2, 0.25) is 0 Å². The van der Waals surface area contributed by atoms with Crippen LogP contribution in [0, 0.1) is 5.92 Å². The predicted molar refractivity (Wildman–Crippen MR) is 151 cm³/mol. The highest BCUT2D eigenvalue weighted by atomic mass is 19.4. The Kier molecular flexibility index (Phi) is 10.0. The Morgan fingerprint density at radius 1 is 0.936 bits per heavy atom. The smallest absolute Gasteiger partial charge is 0.416 e. The number of hydrogen-bond acceptors (Lipinski definition) is 7. The van der Waals surface area contributed by atoms with E-state index in [-0.39, 0.29) is 48.7 Å². The van der Waals surface area contributed by atoms with E-state index >= 15 is 0 Å². The van der Waals surface area contributed by atoms with Gasteiger partial charge < -0.3 is 15.4 Å². The second-order valence-corrected chi connectivity index (χ2v) is 11.7. The highest BCUT2D eigenvalue weighted by Crippen LogP contribution is 2.47. The number of carbonyl (C=O) groups excluding carboxylic acids is 1. The summed E-state index contributed by atoms with van der Waals surface area (Å²) in [6.07, 6.45) is -16.7. The van der Waals surface area contributed by atoms with Crippen molar-refractivity contribution in [1.29, 1.82) is 0 Å². The van der Waals surface area contributed by atoms with E-state index in [1.165, 1.54) is 9.80 Å². The molecule has 9 nitrogen and oxygen atoms in total. The van der Waals surface area contributed by atoms with E-state index in [1.807, 2.05) is 0 Å². The van der Waals surface area contributed by atoms with Gasteiger partial charge in [0.15, 0.2) is 0 Å². The number of benzene rings is 2. The first-order valence-electron chi connectivity index (χ1n) is 14.4. The second-order valence-electron chi connectivity index (χ2n) is 11.7. The molecule has 0 fully saturated rings. The van der Waals surface area contributed by atoms with Crippen LogP contribution >= 0.6 is 0 Å². The van der Waals surface area contributed by atoms with Crippen LogP contribution in [-0.4, -0.2) is 45.0 Å². The first kappa shape index (κ1) is 35.8. The summed E-state index contributed by atoms with van der Waals surface area (Å²) in [7, 11) is 0. The minimum atomic E-state index is -5.15. The van der Waals surface area contributed by atoms with Gasteiger partial charge in [-0.1, -0.05) is 18.9 Å². The molecule has 1 amide bonds. The number of hydrogen-bond donors (Lipinski definition) is 1. The predicted octanol–water partition coefficient (Wildman–Crippen LogP) is 7.22. The number of fused-ring (bicyclic) bond motifs is 1. The molecule has 1 aliphatic heterocycles. The maximum absolute atomic E-state index is 14.0. The molecule has 2 atom stereocenters. The second kappa shape index (κ2) is 13.2. The van der Waals surface area contributed by atoms with Gasteiger partial charge >= 0.3 is 24.6 Å². The van der Waals surface area contributed by atoms with Gasteiger partial charge in [-0.05, 0) is 78.9 Å². The lowest BCUT2D eigenvalue weighted by molar-refractivity contribution is -0.143. The van der Waals surface area contributed by atoms with Crippen LogP contribution in [0.15, 0.2) is 36.4 Å². The Labute approximate surface area is 263 Å². The number of nitrogens with zero attached hydrogens (tertiary/aromatic N) is 6. The number of halogens is 9. The Morgan fingerprint density at radius 2 is 1.53 bits per heavy atom. The van der Waals surface area contributed by atoms with Crippen molar-refractivity contribution in [3.8, 4) is 0 Å². The SMILES string of the molecule is CC(C)OC(=O)N1c2ccc(C(F)(F)F)cc2[C@H](N(Cc2cc(C(F)(F)F)cc(C(F)(F)F)c2)c2nnn(CCN)n2)C[C@@H]1C(C)C. The summed E-state index contributed by atoms with van der Waals surface area (Å²) in [5.74, 6) is -0.640. The zero-order valence-corrected chi connectivity index (χ0v) is 25.6. The molecule has 47 heavy (non-hydrogen) atoms. The van der Waals surface area contributed by atoms with Crippen molar-refractivity contribution in [2.24, 2.45) is 11.7 Å². The molecule has 1 aliphatic rings. The Hall–Kier alpha value is -4.09. The minimum absolute atomic E-state index is 0.0120. The van der Waals surface area contributed by atoms with Gasteiger partial charge in [-0.15, -0.1) is 5.10 Å². The van der Waals surface area contributed by atoms with E-state index in [0.717, 1.165) is 23.0 Å². The molecule has 3 aromatic rings. The maximum atomic E-state index is 14.0. The van der Waals surface area contributed by atoms with Gasteiger partial charge in [0.05, 0.1) is 41.1 Å². The number of amides is 1. The van der Waals surface area contributed by atoms with Gasteiger partial charge in [0.2, 0.25) is 0 Å². The van der Waals surface area contributed by atoms with Crippen LogP contribution in [0.5, 0.6) is 0 Å². The minimum Gasteiger partial charge on any atom is -0.446 e. The molecule has 2 heterocycles. The molecule has 0 radical (unpaired) electrons. The van der Waals surface area contributed by atoms with Crippen molar-refractivity contribution >= 4 is 17.7 Å². The highest BCUT2D eigenvalue weighted by Gasteiger charge is 2.44. The van der Waals surface area contributed by atoms with Crippen molar-refractivity contribution in [2.75, 3.05) is 16.3 Å². The van der Waals surface area contributed by atoms with Crippen molar-refractivity contribution in [3.05, 3.63) is 64.2 Å². The Balaban J connectivity index is 1.97. The molecule has 1 aromatic heterocycles. The third kappa shape index (κ3) is 8.08. The number of ether oxygens (including phenoxy) is 1. The summed E-state index contributed by atoms with van der Waals surface area (Å²) in [5, 5.41) is 12.0. The average molecular weight is 682 g/mol. The summed E-state index contributed by atoms with van der Waals surface area (Å²) in [5.41, 5.74) is 0.754. The molecule has 0 bridgehead atoms. The van der Waals surface area contributed by atoms with Crippen LogP contribution < -0.4 is 15.5 Å². The van der Waals surface area contributed by atoms with E-state index < -0.39 is 71.6 Å². The molecule has 18 heteroatoms. The van der Waals surface area contributed by atoms with E-state index in [1.54, 1.807) is 27.7 Å². The monoisotopic (exact) mass is 681 g/mol. The standard InChI is InChI=1S/C29H32F9N7O2/c1-15(2)23-13-24(21-12-18(27(30,31)32)5-6-22(21)45(23)26(46)47-16(3)4)43(25-40-42-44(41-25)8-7-39)14-17-9-19(28(33,34)35)11-20(10-17)29(36,37)38/h5-6,9-12,15-16,23-24H,7-8,13-14,39H2,1-4H3/t23-,24-/m1/s1. The van der Waals surface area contributed by atoms with E-state index in [9.17, 15) is 44.3 Å². The molecule has 258 valence electrons. The maximum Gasteiger partial charge on any atom is 0.416 e. The number of tetrazole rings is 1. The van der Waals surface area contributed by atoms with Gasteiger partial charge in [0.1, 0.15) is 0 Å². The molecule has 4 rings (SSSR count). The lowest BCUT2D eigenvalue weighted by atomic mass is 9.84. The average Bonchev–Trinajstić information content (AvgIpc) is 3.41. The van der Waals surface area contributed by atoms with E-state index in [4.69, 9.17) is 10.5 Å². The molecule has 2 N–H and O–H groups in total. The summed E-state index contributed by atoms with van der Waals surface area (Å²) >= 11 is 0. The number of rotatable bonds is 8. The van der Waals surface area contributed by atoms with Crippen molar-refractivity contribution < 1.29 is 49.0 Å². The van der Waals surface area contributed by atoms with E-state index in [0.29, 0.717) is 12.1 Å². The van der Waals surface area contributed by atoms with Crippen LogP contribution in [-0.2, 0) is 36.4 Å². The van der Waals surface area contributed by atoms with E-state index in [2.05, 4.69) is 15.4 Å². The number of alkyl halides is 9. The largest absolute Gasteiger partial charge is 0.446 e. The van der Waals surface area contributed by atoms with Crippen LogP contribution in [0.25, 0.3) is 0 Å². The highest BCUT2D eigenvalue weighted by molar-refractivity contribution is 5.90. The fourth-order valence-corrected chi connectivity index (χ4v) is 5.40. The number of carbonyl (C=O) groups is 1. The van der Waals surface area contributed by atoms with Crippen molar-refractivity contribution in [3.63, 3.8) is 0 Å². The number of anilines is 2. The number of nitrogens with two attached hydrogens (primary N) is 1. The van der Waals surface area contributed by atoms with Crippen molar-refractivity contribution in [1.82, 2.24) is 20.2 Å². The first-order chi connectivity index (χ1) is 21.7. The molecule has 0 saturated carbocycles. The topological polar surface area (TPSA) is 102 Å². The van der Waals surface area contributed by atoms with Gasteiger partial charge in [-0.25, -0.2) is 4.79 Å². The lowest BCUT2D eigenvalue weighted by Crippen LogP contribution is -2.50. The zero-order chi connectivity index (χ0) is 35.1.